The number of nitrogens with zero attached hydrogens (tertiary/aromatic N) is 1. The molecular formula is C17H15NO2S. The third kappa shape index (κ3) is 2.21. The van der Waals surface area contributed by atoms with Crippen molar-refractivity contribution in [2.24, 2.45) is 0 Å². The van der Waals surface area contributed by atoms with Crippen LogP contribution in [-0.4, -0.2) is 16.1 Å². The number of carboxylic acid groups (broad SMARTS) is 1. The zero-order valence-corrected chi connectivity index (χ0v) is 12.9. The number of pyridine rings is 1. The second kappa shape index (κ2) is 4.97. The summed E-state index contributed by atoms with van der Waals surface area (Å²) >= 11 is 1.59. The molecule has 0 saturated carbocycles. The van der Waals surface area contributed by atoms with Crippen LogP contribution in [0.2, 0.25) is 0 Å². The van der Waals surface area contributed by atoms with Gasteiger partial charge in [-0.05, 0) is 55.0 Å². The molecule has 0 bridgehead atoms. The van der Waals surface area contributed by atoms with E-state index >= 15 is 0 Å². The molecule has 0 aliphatic heterocycles. The maximum atomic E-state index is 11.6. The predicted octanol–water partition coefficient (Wildman–Crippen LogP) is 4.59. The van der Waals surface area contributed by atoms with Crippen molar-refractivity contribution >= 4 is 28.2 Å². The number of aryl methyl sites for hydroxylation is 3. The molecule has 0 amide bonds. The summed E-state index contributed by atoms with van der Waals surface area (Å²) in [7, 11) is 0. The predicted molar refractivity (Wildman–Crippen MR) is 86.2 cm³/mol. The Morgan fingerprint density at radius 3 is 2.52 bits per heavy atom. The van der Waals surface area contributed by atoms with Gasteiger partial charge >= 0.3 is 5.97 Å². The quantitative estimate of drug-likeness (QED) is 0.752. The minimum atomic E-state index is -0.916. The Kier molecular flexibility index (Phi) is 3.26. The van der Waals surface area contributed by atoms with Crippen molar-refractivity contribution in [3.8, 4) is 10.6 Å². The van der Waals surface area contributed by atoms with E-state index in [1.165, 1.54) is 0 Å². The smallest absolute Gasteiger partial charge is 0.336 e. The number of carbonyl (C=O) groups is 1. The van der Waals surface area contributed by atoms with E-state index in [1.54, 1.807) is 17.4 Å². The largest absolute Gasteiger partial charge is 0.478 e. The van der Waals surface area contributed by atoms with Crippen LogP contribution in [-0.2, 0) is 0 Å². The van der Waals surface area contributed by atoms with E-state index in [0.717, 1.165) is 32.8 Å². The van der Waals surface area contributed by atoms with Gasteiger partial charge in [-0.2, -0.15) is 0 Å². The number of rotatable bonds is 2. The molecular weight excluding hydrogens is 282 g/mol. The molecule has 0 unspecified atom stereocenters. The van der Waals surface area contributed by atoms with Crippen LogP contribution in [0, 0.1) is 20.8 Å². The van der Waals surface area contributed by atoms with Crippen LogP contribution in [0.25, 0.3) is 21.5 Å². The third-order valence-electron chi connectivity index (χ3n) is 3.83. The van der Waals surface area contributed by atoms with Crippen molar-refractivity contribution in [1.29, 1.82) is 0 Å². The van der Waals surface area contributed by atoms with Crippen LogP contribution in [0.3, 0.4) is 0 Å². The van der Waals surface area contributed by atoms with E-state index in [-0.39, 0.29) is 0 Å². The van der Waals surface area contributed by atoms with Crippen molar-refractivity contribution < 1.29 is 9.90 Å². The normalized spacial score (nSPS) is 11.0. The lowest BCUT2D eigenvalue weighted by Gasteiger charge is -2.10. The fraction of sp³-hybridized carbons (Fsp3) is 0.176. The summed E-state index contributed by atoms with van der Waals surface area (Å²) in [5, 5.41) is 12.2. The number of aromatic carboxylic acids is 1. The SMILES string of the molecule is Cc1ccsc1-c1cc(C(=O)O)c2ccc(C)c(C)c2n1. The topological polar surface area (TPSA) is 50.2 Å². The fourth-order valence-corrected chi connectivity index (χ4v) is 3.35. The summed E-state index contributed by atoms with van der Waals surface area (Å²) in [5.74, 6) is -0.916. The van der Waals surface area contributed by atoms with E-state index in [2.05, 4.69) is 0 Å². The van der Waals surface area contributed by atoms with Gasteiger partial charge in [0.25, 0.3) is 0 Å². The lowest BCUT2D eigenvalue weighted by atomic mass is 10.0. The number of aromatic nitrogens is 1. The number of fused-ring (bicyclic) bond motifs is 1. The Morgan fingerprint density at radius 1 is 1.14 bits per heavy atom. The fourth-order valence-electron chi connectivity index (χ4n) is 2.46. The molecule has 3 aromatic rings. The first kappa shape index (κ1) is 13.8. The highest BCUT2D eigenvalue weighted by Crippen LogP contribution is 2.32. The van der Waals surface area contributed by atoms with Crippen molar-refractivity contribution in [1.82, 2.24) is 4.98 Å². The summed E-state index contributed by atoms with van der Waals surface area (Å²) < 4.78 is 0. The van der Waals surface area contributed by atoms with Gasteiger partial charge < -0.3 is 5.11 Å². The molecule has 2 aromatic heterocycles. The van der Waals surface area contributed by atoms with Gasteiger partial charge in [-0.1, -0.05) is 12.1 Å². The molecule has 3 rings (SSSR count). The summed E-state index contributed by atoms with van der Waals surface area (Å²) in [6.07, 6.45) is 0. The zero-order valence-electron chi connectivity index (χ0n) is 12.1. The number of hydrogen-bond donors (Lipinski definition) is 1. The van der Waals surface area contributed by atoms with Gasteiger partial charge in [0.2, 0.25) is 0 Å². The van der Waals surface area contributed by atoms with Crippen LogP contribution in [0.5, 0.6) is 0 Å². The highest BCUT2D eigenvalue weighted by Gasteiger charge is 2.16. The molecule has 0 aliphatic carbocycles. The Morgan fingerprint density at radius 2 is 1.90 bits per heavy atom. The average Bonchev–Trinajstić information content (AvgIpc) is 2.88. The molecule has 0 spiro atoms. The summed E-state index contributed by atoms with van der Waals surface area (Å²) in [6, 6.07) is 7.49. The number of hydrogen-bond acceptors (Lipinski definition) is 3. The first-order chi connectivity index (χ1) is 9.99. The first-order valence-corrected chi connectivity index (χ1v) is 7.55. The minimum absolute atomic E-state index is 0.311. The van der Waals surface area contributed by atoms with E-state index in [4.69, 9.17) is 4.98 Å². The molecule has 0 fully saturated rings. The monoisotopic (exact) mass is 297 g/mol. The summed E-state index contributed by atoms with van der Waals surface area (Å²) in [4.78, 5) is 17.4. The van der Waals surface area contributed by atoms with Crippen LogP contribution in [0.15, 0.2) is 29.6 Å². The van der Waals surface area contributed by atoms with Gasteiger partial charge in [0, 0.05) is 5.39 Å². The van der Waals surface area contributed by atoms with Crippen LogP contribution in [0.4, 0.5) is 0 Å². The van der Waals surface area contributed by atoms with Crippen LogP contribution >= 0.6 is 11.3 Å². The van der Waals surface area contributed by atoms with Crippen molar-refractivity contribution in [3.63, 3.8) is 0 Å². The minimum Gasteiger partial charge on any atom is -0.478 e. The van der Waals surface area contributed by atoms with Gasteiger partial charge in [-0.3, -0.25) is 0 Å². The van der Waals surface area contributed by atoms with Crippen molar-refractivity contribution in [2.45, 2.75) is 20.8 Å². The van der Waals surface area contributed by atoms with Gasteiger partial charge in [-0.15, -0.1) is 11.3 Å². The van der Waals surface area contributed by atoms with Crippen LogP contribution < -0.4 is 0 Å². The van der Waals surface area contributed by atoms with Gasteiger partial charge in [0.1, 0.15) is 0 Å². The average molecular weight is 297 g/mol. The molecule has 1 N–H and O–H groups in total. The Bertz CT molecular complexity index is 865. The molecule has 0 aliphatic rings. The van der Waals surface area contributed by atoms with Crippen molar-refractivity contribution in [3.05, 3.63) is 51.9 Å². The second-order valence-electron chi connectivity index (χ2n) is 5.20. The Hall–Kier alpha value is -2.20. The lowest BCUT2D eigenvalue weighted by molar-refractivity contribution is 0.0699. The second-order valence-corrected chi connectivity index (χ2v) is 6.11. The Balaban J connectivity index is 2.41. The molecule has 0 atom stereocenters. The van der Waals surface area contributed by atoms with E-state index < -0.39 is 5.97 Å². The highest BCUT2D eigenvalue weighted by atomic mass is 32.1. The molecule has 106 valence electrons. The van der Waals surface area contributed by atoms with Crippen LogP contribution in [0.1, 0.15) is 27.0 Å². The van der Waals surface area contributed by atoms with E-state index in [9.17, 15) is 9.90 Å². The molecule has 4 heteroatoms. The van der Waals surface area contributed by atoms with E-state index in [0.29, 0.717) is 10.9 Å². The van der Waals surface area contributed by atoms with Gasteiger partial charge in [-0.25, -0.2) is 9.78 Å². The van der Waals surface area contributed by atoms with Gasteiger partial charge in [0.05, 0.1) is 21.7 Å². The highest BCUT2D eigenvalue weighted by molar-refractivity contribution is 7.13. The summed E-state index contributed by atoms with van der Waals surface area (Å²) in [5.41, 5.74) is 5.09. The number of thiophene rings is 1. The number of carboxylic acids is 1. The zero-order chi connectivity index (χ0) is 15.1. The molecule has 3 nitrogen and oxygen atoms in total. The molecule has 21 heavy (non-hydrogen) atoms. The summed E-state index contributed by atoms with van der Waals surface area (Å²) in [6.45, 7) is 6.02. The third-order valence-corrected chi connectivity index (χ3v) is 4.87. The first-order valence-electron chi connectivity index (χ1n) is 6.67. The number of benzene rings is 1. The lowest BCUT2D eigenvalue weighted by Crippen LogP contribution is -2.01. The van der Waals surface area contributed by atoms with Gasteiger partial charge in [0.15, 0.2) is 0 Å². The maximum absolute atomic E-state index is 11.6. The maximum Gasteiger partial charge on any atom is 0.336 e. The molecule has 2 heterocycles. The molecule has 0 saturated heterocycles. The molecule has 1 aromatic carbocycles. The van der Waals surface area contributed by atoms with E-state index in [1.807, 2.05) is 44.4 Å². The molecule has 0 radical (unpaired) electrons. The Labute approximate surface area is 126 Å². The standard InChI is InChI=1S/C17H15NO2S/c1-9-4-5-12-13(17(19)20)8-14(18-15(12)11(9)3)16-10(2)6-7-21-16/h4-8H,1-3H3,(H,19,20). The van der Waals surface area contributed by atoms with Crippen molar-refractivity contribution in [2.75, 3.05) is 0 Å².